The average Bonchev–Trinajstić information content (AvgIpc) is 3.17. The van der Waals surface area contributed by atoms with Gasteiger partial charge >= 0.3 is 17.9 Å². The summed E-state index contributed by atoms with van der Waals surface area (Å²) in [6.45, 7) is 2.07. The molecule has 1 aromatic carbocycles. The molecule has 4 aliphatic rings. The second kappa shape index (κ2) is 8.10. The Morgan fingerprint density at radius 3 is 2.77 bits per heavy atom. The average molecular weight is 485 g/mol. The van der Waals surface area contributed by atoms with Crippen molar-refractivity contribution in [3.63, 3.8) is 0 Å². The SMILES string of the molecule is COc1ccc2c3c1OC1C(OC(=O)[C@H](C)OC(=O)/C=C/C(=O)O)=CC[C@@]4(O)[C@@H](C2)N(C)CCC314. The van der Waals surface area contributed by atoms with Gasteiger partial charge in [-0.05, 0) is 51.1 Å². The van der Waals surface area contributed by atoms with Crippen LogP contribution in [0.4, 0.5) is 0 Å². The van der Waals surface area contributed by atoms with E-state index in [1.807, 2.05) is 19.2 Å². The molecule has 35 heavy (non-hydrogen) atoms. The van der Waals surface area contributed by atoms with Crippen molar-refractivity contribution in [2.75, 3.05) is 20.7 Å². The molecule has 5 atom stereocenters. The standard InChI is InChI=1S/C25H27NO9/c1-13(33-19(29)7-6-18(27)28)23(30)34-16-8-9-25(31)17-12-14-4-5-15(32-3)21-20(14)24(25,22(16)35-21)10-11-26(17)2/h4-8,13,17,22,31H,9-12H2,1-3H3,(H,27,28)/b7-6+/t13-,17+,22?,24?,25+/m0/s1. The van der Waals surface area contributed by atoms with Crippen LogP contribution < -0.4 is 9.47 Å². The van der Waals surface area contributed by atoms with Crippen LogP contribution in [-0.2, 0) is 35.7 Å². The van der Waals surface area contributed by atoms with E-state index in [1.54, 1.807) is 13.2 Å². The van der Waals surface area contributed by atoms with Gasteiger partial charge in [-0.25, -0.2) is 14.4 Å². The van der Waals surface area contributed by atoms with E-state index in [0.717, 1.165) is 23.7 Å². The van der Waals surface area contributed by atoms with Crippen molar-refractivity contribution >= 4 is 17.9 Å². The molecular weight excluding hydrogens is 458 g/mol. The van der Waals surface area contributed by atoms with Crippen molar-refractivity contribution in [1.29, 1.82) is 0 Å². The van der Waals surface area contributed by atoms with Gasteiger partial charge < -0.3 is 34.1 Å². The number of aliphatic hydroxyl groups is 1. The van der Waals surface area contributed by atoms with Crippen LogP contribution in [0.3, 0.4) is 0 Å². The molecule has 2 unspecified atom stereocenters. The predicted octanol–water partition coefficient (Wildman–Crippen LogP) is 1.09. The van der Waals surface area contributed by atoms with Gasteiger partial charge in [0.05, 0.1) is 18.1 Å². The molecule has 10 nitrogen and oxygen atoms in total. The summed E-state index contributed by atoms with van der Waals surface area (Å²) in [4.78, 5) is 37.3. The number of carboxylic acids is 1. The minimum absolute atomic E-state index is 0.136. The number of carbonyl (C=O) groups is 3. The molecule has 2 aliphatic carbocycles. The molecule has 0 saturated carbocycles. The van der Waals surface area contributed by atoms with Gasteiger partial charge in [0.15, 0.2) is 23.7 Å². The Labute approximate surface area is 201 Å². The Morgan fingerprint density at radius 2 is 2.06 bits per heavy atom. The number of esters is 2. The molecule has 0 aromatic heterocycles. The van der Waals surface area contributed by atoms with E-state index in [2.05, 4.69) is 4.90 Å². The van der Waals surface area contributed by atoms with Crippen molar-refractivity contribution in [3.8, 4) is 11.5 Å². The van der Waals surface area contributed by atoms with Gasteiger partial charge in [0.2, 0.25) is 0 Å². The summed E-state index contributed by atoms with van der Waals surface area (Å²) in [5, 5.41) is 20.8. The van der Waals surface area contributed by atoms with Crippen LogP contribution in [0.25, 0.3) is 0 Å². The zero-order chi connectivity index (χ0) is 25.1. The maximum Gasteiger partial charge on any atom is 0.352 e. The smallest absolute Gasteiger partial charge is 0.352 e. The molecule has 1 fully saturated rings. The monoisotopic (exact) mass is 485 g/mol. The molecule has 1 aromatic rings. The largest absolute Gasteiger partial charge is 0.493 e. The molecule has 186 valence electrons. The molecular formula is C25H27NO9. The van der Waals surface area contributed by atoms with Crippen LogP contribution in [0.1, 0.15) is 30.9 Å². The van der Waals surface area contributed by atoms with Crippen LogP contribution in [0.15, 0.2) is 36.1 Å². The maximum atomic E-state index is 12.8. The van der Waals surface area contributed by atoms with Crippen LogP contribution in [0.2, 0.25) is 0 Å². The molecule has 10 heteroatoms. The number of nitrogens with zero attached hydrogens (tertiary/aromatic N) is 1. The topological polar surface area (TPSA) is 132 Å². The summed E-state index contributed by atoms with van der Waals surface area (Å²) in [7, 11) is 3.56. The van der Waals surface area contributed by atoms with Gasteiger partial charge in [-0.2, -0.15) is 0 Å². The van der Waals surface area contributed by atoms with Crippen molar-refractivity contribution < 1.29 is 43.5 Å². The Hall–Kier alpha value is -3.37. The predicted molar refractivity (Wildman–Crippen MR) is 120 cm³/mol. The highest BCUT2D eigenvalue weighted by molar-refractivity contribution is 5.92. The fourth-order valence-corrected chi connectivity index (χ4v) is 6.19. The second-order valence-electron chi connectivity index (χ2n) is 9.46. The summed E-state index contributed by atoms with van der Waals surface area (Å²) in [5.74, 6) is -1.77. The van der Waals surface area contributed by atoms with Gasteiger partial charge in [-0.15, -0.1) is 0 Å². The zero-order valence-electron chi connectivity index (χ0n) is 19.6. The van der Waals surface area contributed by atoms with E-state index in [1.165, 1.54) is 6.92 Å². The molecule has 0 radical (unpaired) electrons. The zero-order valence-corrected chi connectivity index (χ0v) is 19.6. The number of hydrogen-bond acceptors (Lipinski definition) is 9. The number of likely N-dealkylation sites (tertiary alicyclic amines) is 1. The highest BCUT2D eigenvalue weighted by Crippen LogP contribution is 2.65. The quantitative estimate of drug-likeness (QED) is 0.446. The fraction of sp³-hybridized carbons (Fsp3) is 0.480. The lowest BCUT2D eigenvalue weighted by atomic mass is 9.50. The maximum absolute atomic E-state index is 12.8. The van der Waals surface area contributed by atoms with E-state index in [9.17, 15) is 19.5 Å². The first-order chi connectivity index (χ1) is 16.6. The third-order valence-electron chi connectivity index (χ3n) is 7.76. The van der Waals surface area contributed by atoms with Crippen molar-refractivity contribution in [3.05, 3.63) is 47.2 Å². The highest BCUT2D eigenvalue weighted by Gasteiger charge is 2.72. The fourth-order valence-electron chi connectivity index (χ4n) is 6.19. The molecule has 2 bridgehead atoms. The number of carbonyl (C=O) groups excluding carboxylic acids is 2. The number of ether oxygens (including phenoxy) is 4. The molecule has 5 rings (SSSR count). The first-order valence-corrected chi connectivity index (χ1v) is 11.5. The van der Waals surface area contributed by atoms with Crippen molar-refractivity contribution in [2.24, 2.45) is 0 Å². The normalized spacial score (nSPS) is 31.1. The third kappa shape index (κ3) is 3.27. The number of piperidine rings is 1. The van der Waals surface area contributed by atoms with Crippen LogP contribution in [0.5, 0.6) is 11.5 Å². The first-order valence-electron chi connectivity index (χ1n) is 11.5. The van der Waals surface area contributed by atoms with E-state index in [-0.39, 0.29) is 18.2 Å². The summed E-state index contributed by atoms with van der Waals surface area (Å²) in [6, 6.07) is 3.72. The van der Waals surface area contributed by atoms with Gasteiger partial charge in [0.1, 0.15) is 5.76 Å². The Bertz CT molecular complexity index is 1170. The van der Waals surface area contributed by atoms with E-state index in [4.69, 9.17) is 24.1 Å². The summed E-state index contributed by atoms with van der Waals surface area (Å²) in [6.07, 6.45) is 2.48. The van der Waals surface area contributed by atoms with Gasteiger partial charge in [-0.1, -0.05) is 6.07 Å². The number of benzene rings is 1. The van der Waals surface area contributed by atoms with Crippen LogP contribution >= 0.6 is 0 Å². The van der Waals surface area contributed by atoms with Crippen LogP contribution in [0, 0.1) is 0 Å². The molecule has 2 N–H and O–H groups in total. The van der Waals surface area contributed by atoms with E-state index < -0.39 is 41.1 Å². The molecule has 1 saturated heterocycles. The van der Waals surface area contributed by atoms with Crippen molar-refractivity contribution in [2.45, 2.75) is 55.5 Å². The molecule has 2 heterocycles. The van der Waals surface area contributed by atoms with Gasteiger partial charge in [-0.3, -0.25) is 0 Å². The lowest BCUT2D eigenvalue weighted by Crippen LogP contribution is -2.74. The second-order valence-corrected chi connectivity index (χ2v) is 9.46. The van der Waals surface area contributed by atoms with Gasteiger partial charge in [0.25, 0.3) is 0 Å². The van der Waals surface area contributed by atoms with E-state index in [0.29, 0.717) is 30.4 Å². The lowest BCUT2D eigenvalue weighted by Gasteiger charge is -2.61. The van der Waals surface area contributed by atoms with Gasteiger partial charge in [0, 0.05) is 30.2 Å². The van der Waals surface area contributed by atoms with Crippen molar-refractivity contribution in [1.82, 2.24) is 4.90 Å². The Balaban J connectivity index is 1.48. The summed E-state index contributed by atoms with van der Waals surface area (Å²) < 4.78 is 22.6. The minimum Gasteiger partial charge on any atom is -0.493 e. The molecule has 0 amide bonds. The number of hydrogen-bond donors (Lipinski definition) is 2. The van der Waals surface area contributed by atoms with Crippen LogP contribution in [-0.4, -0.2) is 77.6 Å². The lowest BCUT2D eigenvalue weighted by molar-refractivity contribution is -0.174. The number of carboxylic acid groups (broad SMARTS) is 1. The van der Waals surface area contributed by atoms with E-state index >= 15 is 0 Å². The first kappa shape index (κ1) is 23.4. The number of aliphatic carboxylic acids is 1. The summed E-state index contributed by atoms with van der Waals surface area (Å²) >= 11 is 0. The Kier molecular flexibility index (Phi) is 5.41. The minimum atomic E-state index is -1.31. The Morgan fingerprint density at radius 1 is 1.29 bits per heavy atom. The number of methoxy groups -OCH3 is 1. The number of rotatable bonds is 6. The summed E-state index contributed by atoms with van der Waals surface area (Å²) in [5.41, 5.74) is 0.0272. The number of likely N-dealkylation sites (N-methyl/N-ethyl adjacent to an activating group) is 1. The molecule has 2 aliphatic heterocycles. The highest BCUT2D eigenvalue weighted by atomic mass is 16.6. The molecule has 1 spiro atoms. The third-order valence-corrected chi connectivity index (χ3v) is 7.76.